The van der Waals surface area contributed by atoms with E-state index < -0.39 is 0 Å². The Balaban J connectivity index is 2.53. The lowest BCUT2D eigenvalue weighted by Crippen LogP contribution is -2.00. The van der Waals surface area contributed by atoms with Crippen molar-refractivity contribution in [3.63, 3.8) is 0 Å². The number of allylic oxidation sites excluding steroid dienone is 1. The number of hydrogen-bond acceptors (Lipinski definition) is 0. The largest absolute Gasteiger partial charge is 0.0985 e. The fourth-order valence-corrected chi connectivity index (χ4v) is 1.90. The second-order valence-corrected chi connectivity index (χ2v) is 3.58. The predicted octanol–water partition coefficient (Wildman–Crippen LogP) is 3.68. The van der Waals surface area contributed by atoms with Gasteiger partial charge in [-0.15, -0.1) is 0 Å². The molecule has 1 aliphatic carbocycles. The number of rotatable bonds is 1. The van der Waals surface area contributed by atoms with Crippen molar-refractivity contribution in [1.82, 2.24) is 0 Å². The minimum atomic E-state index is 1.15. The molecule has 0 N–H and O–H groups in total. The molecule has 0 fully saturated rings. The van der Waals surface area contributed by atoms with Crippen LogP contribution < -0.4 is 0 Å². The Morgan fingerprint density at radius 1 is 1.23 bits per heavy atom. The van der Waals surface area contributed by atoms with Gasteiger partial charge < -0.3 is 0 Å². The van der Waals surface area contributed by atoms with E-state index in [2.05, 4.69) is 31.4 Å². The van der Waals surface area contributed by atoms with E-state index in [4.69, 9.17) is 0 Å². The minimum Gasteiger partial charge on any atom is -0.0985 e. The predicted molar refractivity (Wildman–Crippen MR) is 58.5 cm³/mol. The maximum absolute atomic E-state index is 4.10. The first-order valence-electron chi connectivity index (χ1n) is 4.75. The van der Waals surface area contributed by atoms with Crippen molar-refractivity contribution < 1.29 is 0 Å². The lowest BCUT2D eigenvalue weighted by molar-refractivity contribution is 0.823. The average Bonchev–Trinajstić information content (AvgIpc) is 2.18. The van der Waals surface area contributed by atoms with Crippen LogP contribution in [0.5, 0.6) is 0 Å². The van der Waals surface area contributed by atoms with E-state index in [1.165, 1.54) is 35.1 Å². The van der Waals surface area contributed by atoms with Crippen LogP contribution in [0.15, 0.2) is 31.4 Å². The Kier molecular flexibility index (Phi) is 2.05. The Morgan fingerprint density at radius 3 is 2.85 bits per heavy atom. The quantitative estimate of drug-likeness (QED) is 0.603. The highest BCUT2D eigenvalue weighted by atomic mass is 14.2. The highest BCUT2D eigenvalue weighted by Crippen LogP contribution is 2.30. The summed E-state index contributed by atoms with van der Waals surface area (Å²) >= 11 is 0. The van der Waals surface area contributed by atoms with Crippen molar-refractivity contribution in [2.45, 2.75) is 19.3 Å². The smallest absolute Gasteiger partial charge is 0.0192 e. The molecule has 2 rings (SSSR count). The topological polar surface area (TPSA) is 0 Å². The maximum atomic E-state index is 4.10. The van der Waals surface area contributed by atoms with Gasteiger partial charge in [-0.25, -0.2) is 0 Å². The van der Waals surface area contributed by atoms with Gasteiger partial charge in [-0.05, 0) is 47.6 Å². The van der Waals surface area contributed by atoms with Crippen LogP contribution in [0.2, 0.25) is 0 Å². The zero-order valence-electron chi connectivity index (χ0n) is 7.84. The van der Waals surface area contributed by atoms with Crippen LogP contribution in [0.1, 0.15) is 29.5 Å². The molecule has 0 saturated heterocycles. The highest BCUT2D eigenvalue weighted by Gasteiger charge is 2.11. The summed E-state index contributed by atoms with van der Waals surface area (Å²) in [5.74, 6) is 0. The van der Waals surface area contributed by atoms with E-state index >= 15 is 0 Å². The van der Waals surface area contributed by atoms with E-state index in [1.807, 2.05) is 6.08 Å². The van der Waals surface area contributed by atoms with Gasteiger partial charge >= 0.3 is 0 Å². The third kappa shape index (κ3) is 1.44. The van der Waals surface area contributed by atoms with E-state index in [9.17, 15) is 0 Å². The van der Waals surface area contributed by atoms with Crippen LogP contribution >= 0.6 is 0 Å². The van der Waals surface area contributed by atoms with Gasteiger partial charge in [0.15, 0.2) is 0 Å². The molecule has 0 radical (unpaired) electrons. The normalized spacial score (nSPS) is 15.2. The molecule has 0 spiro atoms. The first-order valence-corrected chi connectivity index (χ1v) is 4.75. The molecule has 0 aliphatic heterocycles. The van der Waals surface area contributed by atoms with Crippen LogP contribution in [-0.2, 0) is 6.42 Å². The minimum absolute atomic E-state index is 1.15. The molecule has 1 aromatic rings. The number of fused-ring (bicyclic) bond motifs is 1. The molecule has 0 atom stereocenters. The molecule has 0 amide bonds. The molecular weight excluding hydrogens is 156 g/mol. The first kappa shape index (κ1) is 8.31. The highest BCUT2D eigenvalue weighted by molar-refractivity contribution is 5.70. The lowest BCUT2D eigenvalue weighted by atomic mass is 9.87. The van der Waals surface area contributed by atoms with Gasteiger partial charge in [0.2, 0.25) is 0 Å². The van der Waals surface area contributed by atoms with Gasteiger partial charge in [0.05, 0.1) is 0 Å². The third-order valence-electron chi connectivity index (χ3n) is 2.68. The summed E-state index contributed by atoms with van der Waals surface area (Å²) in [4.78, 5) is 0. The lowest BCUT2D eigenvalue weighted by Gasteiger charge is -2.18. The summed E-state index contributed by atoms with van der Waals surface area (Å²) in [5.41, 5.74) is 5.28. The number of benzene rings is 1. The molecule has 1 aromatic carbocycles. The summed E-state index contributed by atoms with van der Waals surface area (Å²) in [5, 5.41) is 0. The summed E-state index contributed by atoms with van der Waals surface area (Å²) < 4.78 is 0. The summed E-state index contributed by atoms with van der Waals surface area (Å²) in [6.07, 6.45) is 5.49. The van der Waals surface area contributed by atoms with Crippen LogP contribution in [0, 0.1) is 0 Å². The van der Waals surface area contributed by atoms with Gasteiger partial charge in [0.1, 0.15) is 0 Å². The summed E-state index contributed by atoms with van der Waals surface area (Å²) in [6, 6.07) is 6.53. The van der Waals surface area contributed by atoms with E-state index in [0.717, 1.165) is 6.42 Å². The fraction of sp³-hybridized carbons (Fsp3) is 0.231. The van der Waals surface area contributed by atoms with Gasteiger partial charge in [-0.1, -0.05) is 31.4 Å². The second kappa shape index (κ2) is 3.21. The van der Waals surface area contributed by atoms with E-state index in [-0.39, 0.29) is 0 Å². The third-order valence-corrected chi connectivity index (χ3v) is 2.68. The fourth-order valence-electron chi connectivity index (χ4n) is 1.90. The van der Waals surface area contributed by atoms with Gasteiger partial charge in [0.25, 0.3) is 0 Å². The van der Waals surface area contributed by atoms with Crippen LogP contribution in [-0.4, -0.2) is 0 Å². The number of aryl methyl sites for hydroxylation is 1. The first-order chi connectivity index (χ1) is 6.31. The molecule has 66 valence electrons. The van der Waals surface area contributed by atoms with Crippen molar-refractivity contribution in [3.05, 3.63) is 48.0 Å². The van der Waals surface area contributed by atoms with Crippen LogP contribution in [0.4, 0.5) is 0 Å². The van der Waals surface area contributed by atoms with Crippen molar-refractivity contribution >= 4 is 11.6 Å². The average molecular weight is 170 g/mol. The standard InChI is InChI=1S/C13H14/c1-3-11-7-8-12-6-4-5-10(2)13(12)9-11/h3,7-9H,1-2,4-6H2. The molecule has 0 bridgehead atoms. The molecule has 1 aliphatic rings. The van der Waals surface area contributed by atoms with Gasteiger partial charge in [0, 0.05) is 0 Å². The zero-order chi connectivity index (χ0) is 9.26. The molecule has 0 saturated carbocycles. The maximum Gasteiger partial charge on any atom is -0.0192 e. The SMILES string of the molecule is C=Cc1ccc2c(c1)C(=C)CCC2. The number of hydrogen-bond donors (Lipinski definition) is 0. The molecule has 0 heterocycles. The van der Waals surface area contributed by atoms with Gasteiger partial charge in [-0.2, -0.15) is 0 Å². The van der Waals surface area contributed by atoms with Crippen molar-refractivity contribution in [1.29, 1.82) is 0 Å². The monoisotopic (exact) mass is 170 g/mol. The Morgan fingerprint density at radius 2 is 2.08 bits per heavy atom. The Hall–Kier alpha value is -1.30. The van der Waals surface area contributed by atoms with Crippen molar-refractivity contribution in [2.75, 3.05) is 0 Å². The molecule has 0 nitrogen and oxygen atoms in total. The van der Waals surface area contributed by atoms with Crippen molar-refractivity contribution in [2.24, 2.45) is 0 Å². The Labute approximate surface area is 79.6 Å². The summed E-state index contributed by atoms with van der Waals surface area (Å²) in [7, 11) is 0. The zero-order valence-corrected chi connectivity index (χ0v) is 7.84. The van der Waals surface area contributed by atoms with E-state index in [1.54, 1.807) is 0 Å². The molecule has 0 heteroatoms. The molecule has 0 aromatic heterocycles. The van der Waals surface area contributed by atoms with Crippen LogP contribution in [0.25, 0.3) is 11.6 Å². The Bertz CT molecular complexity index is 358. The summed E-state index contributed by atoms with van der Waals surface area (Å²) in [6.45, 7) is 7.87. The van der Waals surface area contributed by atoms with Crippen LogP contribution in [0.3, 0.4) is 0 Å². The van der Waals surface area contributed by atoms with Gasteiger partial charge in [-0.3, -0.25) is 0 Å². The second-order valence-electron chi connectivity index (χ2n) is 3.58. The van der Waals surface area contributed by atoms with Crippen molar-refractivity contribution in [3.8, 4) is 0 Å². The molecule has 0 unspecified atom stereocenters. The molecule has 13 heavy (non-hydrogen) atoms. The van der Waals surface area contributed by atoms with E-state index in [0.29, 0.717) is 0 Å². The molecular formula is C13H14.